The van der Waals surface area contributed by atoms with Crippen molar-refractivity contribution < 1.29 is 14.4 Å². The quantitative estimate of drug-likeness (QED) is 0.614. The van der Waals surface area contributed by atoms with E-state index in [1.54, 1.807) is 6.07 Å². The van der Waals surface area contributed by atoms with E-state index in [0.29, 0.717) is 18.8 Å². The van der Waals surface area contributed by atoms with E-state index in [1.165, 1.54) is 6.07 Å². The molecule has 0 fully saturated rings. The first-order valence-corrected chi connectivity index (χ1v) is 5.83. The largest absolute Gasteiger partial charge is 0.433 e. The molecule has 6 nitrogen and oxygen atoms in total. The molecule has 6 heteroatoms. The van der Waals surface area contributed by atoms with Crippen LogP contribution in [-0.4, -0.2) is 16.6 Å². The predicted octanol–water partition coefficient (Wildman–Crippen LogP) is 2.01. The predicted molar refractivity (Wildman–Crippen MR) is 68.5 cm³/mol. The number of furan rings is 1. The summed E-state index contributed by atoms with van der Waals surface area (Å²) in [7, 11) is 0. The van der Waals surface area contributed by atoms with Gasteiger partial charge in [-0.1, -0.05) is 30.3 Å². The van der Waals surface area contributed by atoms with Crippen molar-refractivity contribution in [3.05, 3.63) is 63.9 Å². The molecule has 1 aromatic carbocycles. The third-order valence-corrected chi connectivity index (χ3v) is 2.65. The van der Waals surface area contributed by atoms with Crippen LogP contribution >= 0.6 is 0 Å². The average molecular weight is 262 g/mol. The molecule has 100 valence electrons. The maximum atomic E-state index is 10.4. The number of nitrogens with zero attached hydrogens (tertiary/aromatic N) is 1. The summed E-state index contributed by atoms with van der Waals surface area (Å²) in [4.78, 5) is 9.85. The first-order valence-electron chi connectivity index (χ1n) is 5.83. The van der Waals surface area contributed by atoms with Gasteiger partial charge >= 0.3 is 5.88 Å². The Morgan fingerprint density at radius 3 is 2.63 bits per heavy atom. The van der Waals surface area contributed by atoms with Crippen LogP contribution in [0.1, 0.15) is 17.4 Å². The zero-order valence-corrected chi connectivity index (χ0v) is 10.2. The van der Waals surface area contributed by atoms with Crippen molar-refractivity contribution in [2.75, 3.05) is 6.54 Å². The summed E-state index contributed by atoms with van der Waals surface area (Å²) < 4.78 is 4.99. The molecule has 1 heterocycles. The van der Waals surface area contributed by atoms with E-state index in [4.69, 9.17) is 4.42 Å². The maximum Gasteiger partial charge on any atom is 0.433 e. The van der Waals surface area contributed by atoms with Gasteiger partial charge in [-0.15, -0.1) is 0 Å². The molecule has 0 aliphatic heterocycles. The number of nitro groups is 1. The van der Waals surface area contributed by atoms with E-state index in [9.17, 15) is 15.2 Å². The Balaban J connectivity index is 1.81. The van der Waals surface area contributed by atoms with Crippen molar-refractivity contribution in [1.82, 2.24) is 5.32 Å². The number of benzene rings is 1. The molecule has 2 aromatic rings. The van der Waals surface area contributed by atoms with Gasteiger partial charge in [-0.05, 0) is 11.6 Å². The Morgan fingerprint density at radius 1 is 1.26 bits per heavy atom. The van der Waals surface area contributed by atoms with Crippen molar-refractivity contribution in [2.24, 2.45) is 0 Å². The molecule has 0 saturated heterocycles. The van der Waals surface area contributed by atoms with Crippen molar-refractivity contribution in [3.63, 3.8) is 0 Å². The van der Waals surface area contributed by atoms with Gasteiger partial charge in [0.1, 0.15) is 10.7 Å². The lowest BCUT2D eigenvalue weighted by atomic mass is 10.1. The summed E-state index contributed by atoms with van der Waals surface area (Å²) in [6, 6.07) is 12.1. The molecule has 0 aliphatic carbocycles. The van der Waals surface area contributed by atoms with Crippen LogP contribution in [-0.2, 0) is 6.54 Å². The van der Waals surface area contributed by atoms with Gasteiger partial charge in [0.05, 0.1) is 18.7 Å². The summed E-state index contributed by atoms with van der Waals surface area (Å²) >= 11 is 0. The third kappa shape index (κ3) is 3.64. The normalized spacial score (nSPS) is 12.3. The van der Waals surface area contributed by atoms with E-state index in [0.717, 1.165) is 5.56 Å². The van der Waals surface area contributed by atoms with Crippen LogP contribution in [0.5, 0.6) is 0 Å². The molecule has 0 spiro atoms. The molecule has 0 aliphatic rings. The lowest BCUT2D eigenvalue weighted by Crippen LogP contribution is -2.20. The van der Waals surface area contributed by atoms with Gasteiger partial charge in [-0.3, -0.25) is 10.1 Å². The topological polar surface area (TPSA) is 88.5 Å². The fraction of sp³-hybridized carbons (Fsp3) is 0.231. The summed E-state index contributed by atoms with van der Waals surface area (Å²) in [6.07, 6.45) is -0.619. The molecule has 1 unspecified atom stereocenters. The highest BCUT2D eigenvalue weighted by atomic mass is 16.6. The Bertz CT molecular complexity index is 539. The van der Waals surface area contributed by atoms with Gasteiger partial charge in [0, 0.05) is 6.54 Å². The molecule has 2 N–H and O–H groups in total. The van der Waals surface area contributed by atoms with Crippen LogP contribution in [0, 0.1) is 10.1 Å². The Morgan fingerprint density at radius 2 is 2.00 bits per heavy atom. The van der Waals surface area contributed by atoms with Gasteiger partial charge in [0.25, 0.3) is 0 Å². The van der Waals surface area contributed by atoms with E-state index >= 15 is 0 Å². The lowest BCUT2D eigenvalue weighted by molar-refractivity contribution is -0.402. The fourth-order valence-electron chi connectivity index (χ4n) is 1.68. The molecular weight excluding hydrogens is 248 g/mol. The zero-order valence-electron chi connectivity index (χ0n) is 10.2. The van der Waals surface area contributed by atoms with E-state index in [1.807, 2.05) is 30.3 Å². The minimum absolute atomic E-state index is 0.277. The van der Waals surface area contributed by atoms with Gasteiger partial charge < -0.3 is 14.8 Å². The van der Waals surface area contributed by atoms with Gasteiger partial charge in [0.15, 0.2) is 0 Å². The maximum absolute atomic E-state index is 10.4. The number of aliphatic hydroxyl groups excluding tert-OH is 1. The standard InChI is InChI=1S/C13H14N2O4/c16-12(10-4-2-1-3-5-10)9-14-8-11-6-7-13(19-11)15(17)18/h1-7,12,14,16H,8-9H2. The van der Waals surface area contributed by atoms with E-state index < -0.39 is 11.0 Å². The summed E-state index contributed by atoms with van der Waals surface area (Å²) in [6.45, 7) is 0.677. The smallest absolute Gasteiger partial charge is 0.404 e. The summed E-state index contributed by atoms with van der Waals surface area (Å²) in [5.74, 6) is 0.187. The van der Waals surface area contributed by atoms with Crippen molar-refractivity contribution in [2.45, 2.75) is 12.6 Å². The van der Waals surface area contributed by atoms with Crippen LogP contribution in [0.4, 0.5) is 5.88 Å². The van der Waals surface area contributed by atoms with Gasteiger partial charge in [-0.2, -0.15) is 0 Å². The molecule has 19 heavy (non-hydrogen) atoms. The van der Waals surface area contributed by atoms with Gasteiger partial charge in [0.2, 0.25) is 0 Å². The minimum Gasteiger partial charge on any atom is -0.404 e. The molecule has 1 aromatic heterocycles. The molecular formula is C13H14N2O4. The highest BCUT2D eigenvalue weighted by Gasteiger charge is 2.12. The van der Waals surface area contributed by atoms with E-state index in [-0.39, 0.29) is 5.88 Å². The second-order valence-electron chi connectivity index (χ2n) is 4.05. The molecule has 2 rings (SSSR count). The summed E-state index contributed by atoms with van der Waals surface area (Å²) in [5.41, 5.74) is 0.820. The molecule has 0 bridgehead atoms. The van der Waals surface area contributed by atoms with Crippen LogP contribution in [0.25, 0.3) is 0 Å². The number of rotatable bonds is 6. The van der Waals surface area contributed by atoms with Crippen LogP contribution in [0.2, 0.25) is 0 Å². The lowest BCUT2D eigenvalue weighted by Gasteiger charge is -2.11. The van der Waals surface area contributed by atoms with Crippen molar-refractivity contribution in [1.29, 1.82) is 0 Å². The fourth-order valence-corrected chi connectivity index (χ4v) is 1.68. The van der Waals surface area contributed by atoms with Crippen LogP contribution in [0.15, 0.2) is 46.9 Å². The van der Waals surface area contributed by atoms with Crippen molar-refractivity contribution >= 4 is 5.88 Å². The monoisotopic (exact) mass is 262 g/mol. The third-order valence-electron chi connectivity index (χ3n) is 2.65. The van der Waals surface area contributed by atoms with E-state index in [2.05, 4.69) is 5.32 Å². The second-order valence-corrected chi connectivity index (χ2v) is 4.05. The Labute approximate surface area is 109 Å². The zero-order chi connectivity index (χ0) is 13.7. The minimum atomic E-state index is -0.619. The highest BCUT2D eigenvalue weighted by Crippen LogP contribution is 2.16. The SMILES string of the molecule is O=[N+]([O-])c1ccc(CNCC(O)c2ccccc2)o1. The molecule has 0 amide bonds. The van der Waals surface area contributed by atoms with Crippen molar-refractivity contribution in [3.8, 4) is 0 Å². The second kappa shape index (κ2) is 6.12. The molecule has 1 atom stereocenters. The first-order chi connectivity index (χ1) is 9.16. The number of hydrogen-bond acceptors (Lipinski definition) is 5. The average Bonchev–Trinajstić information content (AvgIpc) is 2.89. The Hall–Kier alpha value is -2.18. The highest BCUT2D eigenvalue weighted by molar-refractivity contribution is 5.18. The van der Waals surface area contributed by atoms with Crippen LogP contribution in [0.3, 0.4) is 0 Å². The molecule has 0 radical (unpaired) electrons. The number of hydrogen-bond donors (Lipinski definition) is 2. The van der Waals surface area contributed by atoms with Crippen LogP contribution < -0.4 is 5.32 Å². The summed E-state index contributed by atoms with van der Waals surface area (Å²) in [5, 5.41) is 23.3. The van der Waals surface area contributed by atoms with Gasteiger partial charge in [-0.25, -0.2) is 0 Å². The first kappa shape index (κ1) is 13.3. The number of nitrogens with one attached hydrogen (secondary N) is 1. The Kier molecular flexibility index (Phi) is 4.27. The molecule has 0 saturated carbocycles. The number of aliphatic hydroxyl groups is 1.